The zero-order valence-electron chi connectivity index (χ0n) is 46.8. The molecule has 84 heavy (non-hydrogen) atoms. The zero-order valence-corrected chi connectivity index (χ0v) is 46.8. The summed E-state index contributed by atoms with van der Waals surface area (Å²) < 4.78 is 0. The van der Waals surface area contributed by atoms with Gasteiger partial charge in [0.2, 0.25) is 47.3 Å². The van der Waals surface area contributed by atoms with Crippen LogP contribution >= 0.6 is 0 Å². The summed E-state index contributed by atoms with van der Waals surface area (Å²) in [4.78, 5) is 148. The van der Waals surface area contributed by atoms with Crippen molar-refractivity contribution >= 4 is 75.8 Å². The number of amides is 9. The van der Waals surface area contributed by atoms with E-state index in [-0.39, 0.29) is 75.7 Å². The van der Waals surface area contributed by atoms with E-state index >= 15 is 0 Å². The molecule has 0 bridgehead atoms. The van der Waals surface area contributed by atoms with Gasteiger partial charge in [0.05, 0.1) is 43.3 Å². The predicted molar refractivity (Wildman–Crippen MR) is 304 cm³/mol. The maximum absolute atomic E-state index is 14.5. The smallest absolute Gasteiger partial charge is 0.251 e. The first kappa shape index (κ1) is 64.4. The van der Waals surface area contributed by atoms with Crippen LogP contribution in [0.1, 0.15) is 75.6 Å². The van der Waals surface area contributed by atoms with Crippen molar-refractivity contribution < 1.29 is 58.2 Å². The van der Waals surface area contributed by atoms with Crippen molar-refractivity contribution in [3.05, 3.63) is 84.1 Å². The number of nitrogens with one attached hydrogen (secondary N) is 12. The van der Waals surface area contributed by atoms with Crippen molar-refractivity contribution in [2.24, 2.45) is 23.1 Å². The minimum atomic E-state index is -1.94. The molecule has 4 aromatic rings. The molecule has 29 heteroatoms. The largest absolute Gasteiger partial charge is 0.508 e. The van der Waals surface area contributed by atoms with Crippen LogP contribution in [0, 0.1) is 11.3 Å². The van der Waals surface area contributed by atoms with Gasteiger partial charge in [-0.1, -0.05) is 44.2 Å². The summed E-state index contributed by atoms with van der Waals surface area (Å²) in [6.07, 6.45) is 6.22. The molecule has 20 N–H and O–H groups in total. The molecular weight excluding hydrogens is 1090 g/mol. The lowest BCUT2D eigenvalue weighted by molar-refractivity contribution is -0.143. The maximum atomic E-state index is 14.5. The third-order valence-corrected chi connectivity index (χ3v) is 14.3. The van der Waals surface area contributed by atoms with Crippen LogP contribution in [0.2, 0.25) is 0 Å². The third kappa shape index (κ3) is 18.6. The van der Waals surface area contributed by atoms with Crippen molar-refractivity contribution in [1.82, 2.24) is 67.7 Å². The number of nitrogens with two attached hydrogens (primary N) is 3. The van der Waals surface area contributed by atoms with E-state index in [1.54, 1.807) is 20.0 Å². The minimum absolute atomic E-state index is 0.0174. The number of rotatable bonds is 30. The van der Waals surface area contributed by atoms with E-state index in [1.807, 2.05) is 24.3 Å². The van der Waals surface area contributed by atoms with E-state index in [2.05, 4.69) is 62.8 Å². The normalized spacial score (nSPS) is 17.3. The zero-order chi connectivity index (χ0) is 61.0. The number of carbonyl (C=O) groups excluding carboxylic acids is 10. The molecule has 2 fully saturated rings. The Labute approximate surface area is 483 Å². The molecule has 2 aliphatic rings. The Hall–Kier alpha value is -8.80. The van der Waals surface area contributed by atoms with Crippen LogP contribution in [0.15, 0.2) is 67.3 Å². The summed E-state index contributed by atoms with van der Waals surface area (Å²) in [5.74, 6) is -9.12. The molecule has 0 radical (unpaired) electrons. The fourth-order valence-electron chi connectivity index (χ4n) is 9.90. The number of aromatic amines is 2. The minimum Gasteiger partial charge on any atom is -0.508 e. The number of aliphatic hydroxyl groups is 1. The molecule has 6 rings (SSSR count). The Balaban J connectivity index is 1.09. The molecule has 4 heterocycles. The number of H-pyrrole nitrogens is 2. The SMILES string of the molecule is CC(C)CC(NC(=O)CNC(=O)C(Cc1ccc(O)cc1)NC(=O)C(CO)NC(=O)C(N)Cc1c[nH]c2ccccc12)C(=O)NC(CCCNC(=N)N)C(=O)N1CCC[C@H]1C(=O)C(N)C(=O)NC(=O)C(Cc1c[nH]cn1)NC(=O)[C@@H]1CCCN1. The quantitative estimate of drug-likeness (QED) is 0.0103. The summed E-state index contributed by atoms with van der Waals surface area (Å²) in [5, 5.41) is 51.7. The second kappa shape index (κ2) is 31.0. The number of guanidine groups is 1. The Morgan fingerprint density at radius 1 is 0.762 bits per heavy atom. The number of benzene rings is 2. The summed E-state index contributed by atoms with van der Waals surface area (Å²) in [5.41, 5.74) is 20.4. The van der Waals surface area contributed by atoms with Gasteiger partial charge in [0, 0.05) is 49.2 Å². The van der Waals surface area contributed by atoms with E-state index in [0.717, 1.165) is 22.9 Å². The van der Waals surface area contributed by atoms with Gasteiger partial charge in [0.15, 0.2) is 11.7 Å². The van der Waals surface area contributed by atoms with Crippen molar-refractivity contribution in [3.63, 3.8) is 0 Å². The van der Waals surface area contributed by atoms with Crippen LogP contribution < -0.4 is 65.1 Å². The summed E-state index contributed by atoms with van der Waals surface area (Å²) >= 11 is 0. The summed E-state index contributed by atoms with van der Waals surface area (Å²) in [7, 11) is 0. The van der Waals surface area contributed by atoms with E-state index in [1.165, 1.54) is 41.7 Å². The molecule has 2 saturated heterocycles. The van der Waals surface area contributed by atoms with Gasteiger partial charge in [-0.3, -0.25) is 58.7 Å². The summed E-state index contributed by atoms with van der Waals surface area (Å²) in [6.45, 7) is 2.68. The van der Waals surface area contributed by atoms with E-state index in [0.29, 0.717) is 30.6 Å². The number of imide groups is 1. The lowest BCUT2D eigenvalue weighted by Crippen LogP contribution is -2.60. The van der Waals surface area contributed by atoms with Crippen LogP contribution in [-0.4, -0.2) is 182 Å². The molecule has 0 spiro atoms. The molecule has 9 atom stereocenters. The molecular formula is C55H77N17O12. The van der Waals surface area contributed by atoms with Crippen LogP contribution in [0.25, 0.3) is 10.9 Å². The molecule has 7 unspecified atom stereocenters. The van der Waals surface area contributed by atoms with Crippen LogP contribution in [-0.2, 0) is 67.2 Å². The van der Waals surface area contributed by atoms with E-state index in [9.17, 15) is 58.2 Å². The van der Waals surface area contributed by atoms with Crippen LogP contribution in [0.5, 0.6) is 5.75 Å². The number of Topliss-reactive ketones (excluding diaryl/α,β-unsaturated/α-hetero) is 1. The fourth-order valence-corrected chi connectivity index (χ4v) is 9.90. The van der Waals surface area contributed by atoms with Crippen molar-refractivity contribution in [1.29, 1.82) is 5.41 Å². The van der Waals surface area contributed by atoms with E-state index < -0.39 is 126 Å². The Morgan fingerprint density at radius 2 is 1.46 bits per heavy atom. The highest BCUT2D eigenvalue weighted by atomic mass is 16.3. The number of aromatic nitrogens is 3. The fraction of sp³-hybridized carbons (Fsp3) is 0.491. The predicted octanol–water partition coefficient (Wildman–Crippen LogP) is -3.92. The van der Waals surface area contributed by atoms with E-state index in [4.69, 9.17) is 22.6 Å². The number of para-hydroxylation sites is 1. The lowest BCUT2D eigenvalue weighted by Gasteiger charge is -2.31. The number of carbonyl (C=O) groups is 10. The highest BCUT2D eigenvalue weighted by molar-refractivity contribution is 6.13. The first-order chi connectivity index (χ1) is 40.1. The monoisotopic (exact) mass is 1170 g/mol. The number of hydrogen-bond donors (Lipinski definition) is 17. The van der Waals surface area contributed by atoms with Gasteiger partial charge in [-0.2, -0.15) is 0 Å². The lowest BCUT2D eigenvalue weighted by atomic mass is 10.00. The Kier molecular flexibility index (Phi) is 23.8. The molecule has 2 aliphatic heterocycles. The second-order valence-corrected chi connectivity index (χ2v) is 21.3. The average Bonchev–Trinajstić information content (AvgIpc) is 3.99. The first-order valence-corrected chi connectivity index (χ1v) is 27.8. The number of imidazole rings is 1. The molecule has 9 amide bonds. The number of nitrogens with zero attached hydrogens (tertiary/aromatic N) is 2. The van der Waals surface area contributed by atoms with Crippen LogP contribution in [0.4, 0.5) is 0 Å². The number of phenolic OH excluding ortho intramolecular Hbond substituents is 1. The Morgan fingerprint density at radius 3 is 2.14 bits per heavy atom. The van der Waals surface area contributed by atoms with Crippen molar-refractivity contribution in [2.45, 2.75) is 132 Å². The summed E-state index contributed by atoms with van der Waals surface area (Å²) in [6, 6.07) is 1.32. The third-order valence-electron chi connectivity index (χ3n) is 14.3. The molecule has 2 aromatic heterocycles. The van der Waals surface area contributed by atoms with Gasteiger partial charge in [0.25, 0.3) is 5.91 Å². The van der Waals surface area contributed by atoms with Crippen molar-refractivity contribution in [2.75, 3.05) is 32.8 Å². The number of phenols is 1. The number of fused-ring (bicyclic) bond motifs is 1. The van der Waals surface area contributed by atoms with Gasteiger partial charge >= 0.3 is 0 Å². The molecule has 0 aliphatic carbocycles. The number of ketones is 1. The molecule has 454 valence electrons. The van der Waals surface area contributed by atoms with Gasteiger partial charge in [-0.05, 0) is 93.2 Å². The molecule has 2 aromatic carbocycles. The van der Waals surface area contributed by atoms with Gasteiger partial charge < -0.3 is 84.8 Å². The maximum Gasteiger partial charge on any atom is 0.251 e. The van der Waals surface area contributed by atoms with Gasteiger partial charge in [-0.25, -0.2) is 4.98 Å². The van der Waals surface area contributed by atoms with Gasteiger partial charge in [-0.15, -0.1) is 0 Å². The van der Waals surface area contributed by atoms with Crippen LogP contribution in [0.3, 0.4) is 0 Å². The molecule has 0 saturated carbocycles. The van der Waals surface area contributed by atoms with Crippen molar-refractivity contribution in [3.8, 4) is 5.75 Å². The topological polar surface area (TPSA) is 469 Å². The standard InChI is InChI=1S/C55H77N17O12/c1-29(2)20-39(66-44(75)26-64-48(78)40(21-30-13-15-33(74)16-14-30)68-52(82)42(27-73)70-47(77)35(56)22-31-24-63-36-9-4-3-8-34(31)36)50(80)67-38(11-6-18-62-55(58)59)54(84)72-19-7-12-43(72)46(76)45(57)53(83)71-51(81)41(23-32-25-60-28-65-32)69-49(79)37-10-5-17-61-37/h3-4,8-9,13-16,24-25,28-29,35,37-43,45,61,63,73-74H,5-7,10-12,17-23,26-27,56-57H2,1-2H3,(H,60,65)(H,64,78)(H,66,75)(H,67,80)(H,68,82)(H,69,79)(H,70,77)(H4,58,59,62)(H,71,81,83)/t35?,37-,38?,39?,40?,41?,42?,43-,45?/m0/s1. The number of likely N-dealkylation sites (tertiary alicyclic amines) is 1. The Bertz CT molecular complexity index is 2970. The number of aliphatic hydroxyl groups excluding tert-OH is 1. The average molecular weight is 1170 g/mol. The highest BCUT2D eigenvalue weighted by Gasteiger charge is 2.42. The highest BCUT2D eigenvalue weighted by Crippen LogP contribution is 2.23. The number of hydrogen-bond acceptors (Lipinski definition) is 17. The first-order valence-electron chi connectivity index (χ1n) is 27.8. The second-order valence-electron chi connectivity index (χ2n) is 21.3. The van der Waals surface area contributed by atoms with Gasteiger partial charge in [0.1, 0.15) is 42.0 Å². The molecule has 29 nitrogen and oxygen atoms in total. The number of aromatic hydroxyl groups is 1.